The summed E-state index contributed by atoms with van der Waals surface area (Å²) < 4.78 is 5.23. The first-order valence-electron chi connectivity index (χ1n) is 5.60. The number of rotatable bonds is 6. The van der Waals surface area contributed by atoms with Crippen LogP contribution in [0.4, 0.5) is 0 Å². The molecule has 1 aromatic heterocycles. The van der Waals surface area contributed by atoms with Gasteiger partial charge in [0.2, 0.25) is 0 Å². The molecule has 0 unspecified atom stereocenters. The topological polar surface area (TPSA) is 68.5 Å². The lowest BCUT2D eigenvalue weighted by Gasteiger charge is -2.17. The molecule has 1 heterocycles. The first-order chi connectivity index (χ1) is 8.15. The minimum Gasteiger partial charge on any atom is -0.378 e. The Hall–Kier alpha value is -1.46. The van der Waals surface area contributed by atoms with Gasteiger partial charge in [0.25, 0.3) is 5.91 Å². The van der Waals surface area contributed by atoms with Gasteiger partial charge in [-0.3, -0.25) is 9.78 Å². The Balaban J connectivity index is 2.46. The predicted molar refractivity (Wildman–Crippen MR) is 65.8 cm³/mol. The van der Waals surface area contributed by atoms with E-state index in [1.807, 2.05) is 13.0 Å². The molecule has 0 radical (unpaired) electrons. The summed E-state index contributed by atoms with van der Waals surface area (Å²) in [5.74, 6) is -0.0439. The van der Waals surface area contributed by atoms with E-state index in [1.54, 1.807) is 24.3 Å². The van der Waals surface area contributed by atoms with Gasteiger partial charge in [0.15, 0.2) is 0 Å². The second-order valence-electron chi connectivity index (χ2n) is 3.88. The van der Waals surface area contributed by atoms with E-state index < -0.39 is 0 Å². The Morgan fingerprint density at radius 2 is 2.24 bits per heavy atom. The predicted octanol–water partition coefficient (Wildman–Crippen LogP) is 0.437. The van der Waals surface area contributed by atoms with E-state index in [0.29, 0.717) is 31.9 Å². The molecule has 0 saturated heterocycles. The highest BCUT2D eigenvalue weighted by Gasteiger charge is 2.11. The van der Waals surface area contributed by atoms with Gasteiger partial charge in [-0.2, -0.15) is 0 Å². The van der Waals surface area contributed by atoms with Gasteiger partial charge in [-0.25, -0.2) is 0 Å². The van der Waals surface area contributed by atoms with E-state index in [-0.39, 0.29) is 5.91 Å². The zero-order valence-electron chi connectivity index (χ0n) is 10.3. The van der Waals surface area contributed by atoms with E-state index in [4.69, 9.17) is 10.5 Å². The third kappa shape index (κ3) is 4.50. The lowest BCUT2D eigenvalue weighted by molar-refractivity contribution is 0.0704. The van der Waals surface area contributed by atoms with Crippen molar-refractivity contribution in [1.82, 2.24) is 9.88 Å². The van der Waals surface area contributed by atoms with E-state index in [1.165, 1.54) is 0 Å². The van der Waals surface area contributed by atoms with E-state index in [0.717, 1.165) is 5.56 Å². The van der Waals surface area contributed by atoms with Crippen LogP contribution in [-0.4, -0.2) is 49.1 Å². The van der Waals surface area contributed by atoms with Crippen LogP contribution in [0.3, 0.4) is 0 Å². The maximum absolute atomic E-state index is 12.0. The van der Waals surface area contributed by atoms with Crippen molar-refractivity contribution in [3.05, 3.63) is 29.6 Å². The van der Waals surface area contributed by atoms with Crippen molar-refractivity contribution in [3.8, 4) is 0 Å². The first-order valence-corrected chi connectivity index (χ1v) is 5.60. The van der Waals surface area contributed by atoms with Crippen molar-refractivity contribution in [2.45, 2.75) is 6.92 Å². The quantitative estimate of drug-likeness (QED) is 0.729. The summed E-state index contributed by atoms with van der Waals surface area (Å²) in [7, 11) is 1.75. The molecule has 0 aromatic carbocycles. The Kier molecular flexibility index (Phi) is 5.59. The molecule has 17 heavy (non-hydrogen) atoms. The van der Waals surface area contributed by atoms with Crippen LogP contribution < -0.4 is 5.73 Å². The highest BCUT2D eigenvalue weighted by Crippen LogP contribution is 2.04. The lowest BCUT2D eigenvalue weighted by atomic mass is 10.2. The summed E-state index contributed by atoms with van der Waals surface area (Å²) in [4.78, 5) is 17.6. The van der Waals surface area contributed by atoms with Crippen LogP contribution in [0.5, 0.6) is 0 Å². The summed E-state index contributed by atoms with van der Waals surface area (Å²) in [6.45, 7) is 3.98. The fourth-order valence-electron chi connectivity index (χ4n) is 1.38. The molecule has 94 valence electrons. The minimum atomic E-state index is -0.0439. The van der Waals surface area contributed by atoms with Gasteiger partial charge in [-0.15, -0.1) is 0 Å². The first kappa shape index (κ1) is 13.6. The molecule has 0 fully saturated rings. The number of carbonyl (C=O) groups is 1. The molecule has 0 aliphatic rings. The van der Waals surface area contributed by atoms with Gasteiger partial charge in [0, 0.05) is 32.5 Å². The zero-order chi connectivity index (χ0) is 12.7. The normalized spacial score (nSPS) is 10.3. The van der Waals surface area contributed by atoms with Crippen LogP contribution >= 0.6 is 0 Å². The maximum atomic E-state index is 12.0. The molecule has 5 heteroatoms. The van der Waals surface area contributed by atoms with Gasteiger partial charge in [0.1, 0.15) is 0 Å². The summed E-state index contributed by atoms with van der Waals surface area (Å²) in [5, 5.41) is 0. The molecule has 0 saturated carbocycles. The van der Waals surface area contributed by atoms with E-state index in [2.05, 4.69) is 4.98 Å². The lowest BCUT2D eigenvalue weighted by Crippen LogP contribution is -2.30. The minimum absolute atomic E-state index is 0.0439. The molecule has 0 spiro atoms. The average Bonchev–Trinajstić information content (AvgIpc) is 2.33. The molecule has 1 aromatic rings. The second-order valence-corrected chi connectivity index (χ2v) is 3.88. The molecular weight excluding hydrogens is 218 g/mol. The molecule has 0 aliphatic carbocycles. The fourth-order valence-corrected chi connectivity index (χ4v) is 1.38. The monoisotopic (exact) mass is 237 g/mol. The smallest absolute Gasteiger partial charge is 0.255 e. The molecular formula is C12H19N3O2. The second kappa shape index (κ2) is 6.98. The molecule has 0 aliphatic heterocycles. The molecule has 0 bridgehead atoms. The van der Waals surface area contributed by atoms with Crippen LogP contribution in [0, 0.1) is 6.92 Å². The number of nitrogens with two attached hydrogens (primary N) is 1. The van der Waals surface area contributed by atoms with Crippen molar-refractivity contribution in [2.75, 3.05) is 33.4 Å². The number of likely N-dealkylation sites (N-methyl/N-ethyl adjacent to an activating group) is 1. The van der Waals surface area contributed by atoms with Crippen LogP contribution in [-0.2, 0) is 4.74 Å². The van der Waals surface area contributed by atoms with Crippen molar-refractivity contribution >= 4 is 5.91 Å². The molecule has 1 amide bonds. The Labute approximate surface area is 102 Å². The van der Waals surface area contributed by atoms with E-state index in [9.17, 15) is 4.79 Å². The van der Waals surface area contributed by atoms with Crippen LogP contribution in [0.15, 0.2) is 18.5 Å². The number of hydrogen-bond donors (Lipinski definition) is 1. The van der Waals surface area contributed by atoms with Gasteiger partial charge < -0.3 is 15.4 Å². The largest absolute Gasteiger partial charge is 0.378 e. The number of aryl methyl sites for hydroxylation is 1. The number of pyridine rings is 1. The van der Waals surface area contributed by atoms with Crippen molar-refractivity contribution in [1.29, 1.82) is 0 Å². The number of nitrogens with zero attached hydrogens (tertiary/aromatic N) is 2. The number of hydrogen-bond acceptors (Lipinski definition) is 4. The summed E-state index contributed by atoms with van der Waals surface area (Å²) >= 11 is 0. The SMILES string of the molecule is Cc1cncc(C(=O)N(C)CCOCCN)c1. The standard InChI is InChI=1S/C12H19N3O2/c1-10-7-11(9-14-8-10)12(16)15(2)4-6-17-5-3-13/h7-9H,3-6,13H2,1-2H3. The van der Waals surface area contributed by atoms with Crippen LogP contribution in [0.2, 0.25) is 0 Å². The average molecular weight is 237 g/mol. The molecule has 5 nitrogen and oxygen atoms in total. The van der Waals surface area contributed by atoms with Gasteiger partial charge in [0.05, 0.1) is 18.8 Å². The van der Waals surface area contributed by atoms with Gasteiger partial charge in [-0.05, 0) is 18.6 Å². The molecule has 1 rings (SSSR count). The van der Waals surface area contributed by atoms with Crippen LogP contribution in [0.25, 0.3) is 0 Å². The van der Waals surface area contributed by atoms with Crippen molar-refractivity contribution < 1.29 is 9.53 Å². The third-order valence-corrected chi connectivity index (χ3v) is 2.30. The molecule has 0 atom stereocenters. The third-order valence-electron chi connectivity index (χ3n) is 2.30. The number of carbonyl (C=O) groups excluding carboxylic acids is 1. The van der Waals surface area contributed by atoms with Crippen molar-refractivity contribution in [2.24, 2.45) is 5.73 Å². The highest BCUT2D eigenvalue weighted by atomic mass is 16.5. The van der Waals surface area contributed by atoms with E-state index >= 15 is 0 Å². The zero-order valence-corrected chi connectivity index (χ0v) is 10.3. The molecule has 2 N–H and O–H groups in total. The number of amides is 1. The highest BCUT2D eigenvalue weighted by molar-refractivity contribution is 5.93. The summed E-state index contributed by atoms with van der Waals surface area (Å²) in [6.07, 6.45) is 3.30. The maximum Gasteiger partial charge on any atom is 0.255 e. The number of aromatic nitrogens is 1. The Morgan fingerprint density at radius 3 is 2.88 bits per heavy atom. The summed E-state index contributed by atoms with van der Waals surface area (Å²) in [5.41, 5.74) is 6.88. The van der Waals surface area contributed by atoms with Crippen LogP contribution in [0.1, 0.15) is 15.9 Å². The fraction of sp³-hybridized carbons (Fsp3) is 0.500. The summed E-state index contributed by atoms with van der Waals surface area (Å²) in [6, 6.07) is 1.83. The number of ether oxygens (including phenoxy) is 1. The Bertz CT molecular complexity index is 369. The van der Waals surface area contributed by atoms with Gasteiger partial charge >= 0.3 is 0 Å². The van der Waals surface area contributed by atoms with Crippen molar-refractivity contribution in [3.63, 3.8) is 0 Å². The Morgan fingerprint density at radius 1 is 1.47 bits per heavy atom. The van der Waals surface area contributed by atoms with Gasteiger partial charge in [-0.1, -0.05) is 0 Å².